The molecular formula is C26H28ClN3O5. The third kappa shape index (κ3) is 6.14. The Morgan fingerprint density at radius 3 is 2.43 bits per heavy atom. The van der Waals surface area contributed by atoms with Crippen LogP contribution >= 0.6 is 11.6 Å². The van der Waals surface area contributed by atoms with E-state index in [0.717, 1.165) is 32.1 Å². The summed E-state index contributed by atoms with van der Waals surface area (Å²) in [7, 11) is 0. The number of hydrogen-bond acceptors (Lipinski definition) is 5. The van der Waals surface area contributed by atoms with Crippen molar-refractivity contribution >= 4 is 35.0 Å². The molecule has 8 nitrogen and oxygen atoms in total. The van der Waals surface area contributed by atoms with E-state index in [1.807, 2.05) is 0 Å². The Morgan fingerprint density at radius 2 is 1.80 bits per heavy atom. The van der Waals surface area contributed by atoms with Gasteiger partial charge in [0.25, 0.3) is 11.8 Å². The first-order valence-corrected chi connectivity index (χ1v) is 12.1. The number of furan rings is 2. The predicted octanol–water partition coefficient (Wildman–Crippen LogP) is 4.79. The molecule has 1 aliphatic carbocycles. The first-order valence-electron chi connectivity index (χ1n) is 11.7. The van der Waals surface area contributed by atoms with Gasteiger partial charge in [0.1, 0.15) is 11.5 Å². The molecule has 2 heterocycles. The predicted molar refractivity (Wildman–Crippen MR) is 131 cm³/mol. The average Bonchev–Trinajstić information content (AvgIpc) is 3.54. The highest BCUT2D eigenvalue weighted by atomic mass is 35.5. The van der Waals surface area contributed by atoms with Gasteiger partial charge in [0.2, 0.25) is 5.91 Å². The van der Waals surface area contributed by atoms with Crippen molar-refractivity contribution in [3.8, 4) is 0 Å². The molecule has 0 radical (unpaired) electrons. The van der Waals surface area contributed by atoms with Crippen LogP contribution in [0.2, 0.25) is 5.02 Å². The van der Waals surface area contributed by atoms with Crippen LogP contribution in [-0.4, -0.2) is 30.3 Å². The van der Waals surface area contributed by atoms with Gasteiger partial charge in [-0.15, -0.1) is 0 Å². The maximum absolute atomic E-state index is 13.6. The Bertz CT molecular complexity index is 1150. The molecule has 35 heavy (non-hydrogen) atoms. The fourth-order valence-corrected chi connectivity index (χ4v) is 4.40. The first kappa shape index (κ1) is 24.6. The van der Waals surface area contributed by atoms with E-state index in [2.05, 4.69) is 10.6 Å². The molecule has 9 heteroatoms. The zero-order chi connectivity index (χ0) is 24.8. The molecule has 1 saturated carbocycles. The van der Waals surface area contributed by atoms with Crippen LogP contribution in [0, 0.1) is 6.92 Å². The maximum atomic E-state index is 13.6. The highest BCUT2D eigenvalue weighted by Crippen LogP contribution is 2.31. The Kier molecular flexibility index (Phi) is 7.92. The molecule has 2 N–H and O–H groups in total. The molecular weight excluding hydrogens is 470 g/mol. The Balaban J connectivity index is 1.64. The molecule has 0 saturated heterocycles. The van der Waals surface area contributed by atoms with Gasteiger partial charge in [0, 0.05) is 16.8 Å². The minimum absolute atomic E-state index is 0.0376. The molecule has 4 rings (SSSR count). The summed E-state index contributed by atoms with van der Waals surface area (Å²) in [5.41, 5.74) is 0.449. The second-order valence-corrected chi connectivity index (χ2v) is 9.03. The topological polar surface area (TPSA) is 105 Å². The van der Waals surface area contributed by atoms with E-state index in [0.29, 0.717) is 22.2 Å². The van der Waals surface area contributed by atoms with Crippen molar-refractivity contribution in [2.75, 3.05) is 11.4 Å². The van der Waals surface area contributed by atoms with E-state index in [1.165, 1.54) is 17.2 Å². The fraction of sp³-hybridized carbons (Fsp3) is 0.346. The van der Waals surface area contributed by atoms with E-state index in [1.54, 1.807) is 49.4 Å². The second kappa shape index (κ2) is 11.3. The molecule has 3 aromatic rings. The molecule has 1 aromatic carbocycles. The largest absolute Gasteiger partial charge is 0.464 e. The van der Waals surface area contributed by atoms with Crippen molar-refractivity contribution in [1.29, 1.82) is 0 Å². The van der Waals surface area contributed by atoms with Crippen LogP contribution in [0.5, 0.6) is 0 Å². The number of aryl methyl sites for hydroxylation is 1. The quantitative estimate of drug-likeness (QED) is 0.465. The lowest BCUT2D eigenvalue weighted by Crippen LogP contribution is -2.49. The molecule has 1 aliphatic rings. The number of nitrogens with zero attached hydrogens (tertiary/aromatic N) is 1. The monoisotopic (exact) mass is 497 g/mol. The molecule has 0 spiro atoms. The SMILES string of the molecule is Cc1ccc(C(C(=O)NC2CCCCC2)N(C(=O)CNC(=O)c2ccco2)c2ccc(Cl)cc2)o1. The lowest BCUT2D eigenvalue weighted by Gasteiger charge is -2.32. The molecule has 0 aliphatic heterocycles. The highest BCUT2D eigenvalue weighted by molar-refractivity contribution is 6.30. The molecule has 0 bridgehead atoms. The first-order chi connectivity index (χ1) is 16.9. The van der Waals surface area contributed by atoms with Crippen molar-refractivity contribution in [1.82, 2.24) is 10.6 Å². The Morgan fingerprint density at radius 1 is 1.06 bits per heavy atom. The van der Waals surface area contributed by atoms with Gasteiger partial charge in [-0.25, -0.2) is 0 Å². The number of carbonyl (C=O) groups is 3. The van der Waals surface area contributed by atoms with Gasteiger partial charge in [-0.1, -0.05) is 30.9 Å². The minimum Gasteiger partial charge on any atom is -0.464 e. The van der Waals surface area contributed by atoms with Gasteiger partial charge in [-0.05, 0) is 68.3 Å². The van der Waals surface area contributed by atoms with E-state index in [-0.39, 0.29) is 24.3 Å². The normalized spacial score (nSPS) is 14.8. The highest BCUT2D eigenvalue weighted by Gasteiger charge is 2.36. The van der Waals surface area contributed by atoms with E-state index < -0.39 is 17.9 Å². The number of halogens is 1. The summed E-state index contributed by atoms with van der Waals surface area (Å²) in [4.78, 5) is 40.9. The number of rotatable bonds is 8. The van der Waals surface area contributed by atoms with E-state index in [9.17, 15) is 14.4 Å². The second-order valence-electron chi connectivity index (χ2n) is 8.59. The lowest BCUT2D eigenvalue weighted by molar-refractivity contribution is -0.127. The standard InChI is InChI=1S/C26H28ClN3O5/c1-17-9-14-21(35-17)24(26(33)29-19-6-3-2-4-7-19)30(20-12-10-18(27)11-13-20)23(31)16-28-25(32)22-8-5-15-34-22/h5,8-15,19,24H,2-4,6-7,16H2,1H3,(H,28,32)(H,29,33). The molecule has 1 fully saturated rings. The number of hydrogen-bond donors (Lipinski definition) is 2. The van der Waals surface area contributed by atoms with Gasteiger partial charge in [0.15, 0.2) is 11.8 Å². The lowest BCUT2D eigenvalue weighted by atomic mass is 9.95. The molecule has 3 amide bonds. The Hall–Kier alpha value is -3.52. The van der Waals surface area contributed by atoms with Crippen LogP contribution in [0.3, 0.4) is 0 Å². The third-order valence-electron chi connectivity index (χ3n) is 6.01. The van der Waals surface area contributed by atoms with Crippen LogP contribution in [-0.2, 0) is 9.59 Å². The van der Waals surface area contributed by atoms with Gasteiger partial charge in [-0.3, -0.25) is 19.3 Å². The number of anilines is 1. The van der Waals surface area contributed by atoms with Gasteiger partial charge in [0.05, 0.1) is 12.8 Å². The molecule has 184 valence electrons. The molecule has 2 aromatic heterocycles. The van der Waals surface area contributed by atoms with Gasteiger partial charge < -0.3 is 19.5 Å². The molecule has 1 unspecified atom stereocenters. The summed E-state index contributed by atoms with van der Waals surface area (Å²) in [5.74, 6) is -0.334. The molecule has 1 atom stereocenters. The zero-order valence-electron chi connectivity index (χ0n) is 19.5. The summed E-state index contributed by atoms with van der Waals surface area (Å²) < 4.78 is 10.9. The van der Waals surface area contributed by atoms with Crippen molar-refractivity contribution in [2.45, 2.75) is 51.1 Å². The van der Waals surface area contributed by atoms with Crippen LogP contribution in [0.1, 0.15) is 60.2 Å². The van der Waals surface area contributed by atoms with Crippen LogP contribution < -0.4 is 15.5 Å². The average molecular weight is 498 g/mol. The van der Waals surface area contributed by atoms with Crippen LogP contribution in [0.4, 0.5) is 5.69 Å². The van der Waals surface area contributed by atoms with Crippen molar-refractivity contribution < 1.29 is 23.2 Å². The van der Waals surface area contributed by atoms with Crippen molar-refractivity contribution in [3.63, 3.8) is 0 Å². The van der Waals surface area contributed by atoms with Gasteiger partial charge in [-0.2, -0.15) is 0 Å². The summed E-state index contributed by atoms with van der Waals surface area (Å²) in [6.07, 6.45) is 6.41. The van der Waals surface area contributed by atoms with Crippen molar-refractivity contribution in [3.05, 3.63) is 77.1 Å². The van der Waals surface area contributed by atoms with E-state index in [4.69, 9.17) is 20.4 Å². The smallest absolute Gasteiger partial charge is 0.287 e. The zero-order valence-corrected chi connectivity index (χ0v) is 20.2. The maximum Gasteiger partial charge on any atom is 0.287 e. The van der Waals surface area contributed by atoms with Crippen LogP contribution in [0.25, 0.3) is 0 Å². The minimum atomic E-state index is -1.07. The number of carbonyl (C=O) groups excluding carboxylic acids is 3. The Labute approximate surface area is 208 Å². The summed E-state index contributed by atoms with van der Waals surface area (Å²) >= 11 is 6.08. The fourth-order valence-electron chi connectivity index (χ4n) is 4.28. The number of benzene rings is 1. The summed E-state index contributed by atoms with van der Waals surface area (Å²) in [6.45, 7) is 1.42. The van der Waals surface area contributed by atoms with E-state index >= 15 is 0 Å². The van der Waals surface area contributed by atoms with Gasteiger partial charge >= 0.3 is 0 Å². The summed E-state index contributed by atoms with van der Waals surface area (Å²) in [5, 5.41) is 6.17. The van der Waals surface area contributed by atoms with Crippen molar-refractivity contribution in [2.24, 2.45) is 0 Å². The third-order valence-corrected chi connectivity index (χ3v) is 6.26. The summed E-state index contributed by atoms with van der Waals surface area (Å²) in [6, 6.07) is 12.1. The number of nitrogens with one attached hydrogen (secondary N) is 2. The number of amides is 3. The van der Waals surface area contributed by atoms with Crippen LogP contribution in [0.15, 0.2) is 63.6 Å².